The van der Waals surface area contributed by atoms with Crippen LogP contribution in [0.5, 0.6) is 0 Å². The maximum atomic E-state index is 15.2. The molecule has 0 radical (unpaired) electrons. The van der Waals surface area contributed by atoms with Crippen LogP contribution in [0.2, 0.25) is 0 Å². The number of imide groups is 1. The molecule has 10 rings (SSSR count). The summed E-state index contributed by atoms with van der Waals surface area (Å²) in [5, 5.41) is 2.86. The number of piperidine rings is 2. The number of aromatic nitrogens is 2. The van der Waals surface area contributed by atoms with Crippen LogP contribution in [0, 0.1) is 23.0 Å². The summed E-state index contributed by atoms with van der Waals surface area (Å²) >= 11 is 3.65. The zero-order chi connectivity index (χ0) is 38.3. The summed E-state index contributed by atoms with van der Waals surface area (Å²) in [6, 6.07) is 15.9. The van der Waals surface area contributed by atoms with E-state index in [4.69, 9.17) is 4.98 Å². The Morgan fingerprint density at radius 2 is 1.59 bits per heavy atom. The fourth-order valence-corrected chi connectivity index (χ4v) is 12.0. The van der Waals surface area contributed by atoms with Crippen molar-refractivity contribution in [3.63, 3.8) is 0 Å². The van der Waals surface area contributed by atoms with E-state index in [1.54, 1.807) is 0 Å². The average molecular weight is 825 g/mol. The summed E-state index contributed by atoms with van der Waals surface area (Å²) in [4.78, 5) is 46.8. The second-order valence-electron chi connectivity index (χ2n) is 17.8. The third-order valence-corrected chi connectivity index (χ3v) is 15.3. The predicted octanol–water partition coefficient (Wildman–Crippen LogP) is 8.39. The van der Waals surface area contributed by atoms with Crippen molar-refractivity contribution in [2.24, 2.45) is 11.3 Å². The molecular weight excluding hydrogens is 776 g/mol. The first-order valence-electron chi connectivity index (χ1n) is 20.8. The molecule has 2 spiro atoms. The SMILES string of the molecule is O=C1CCC(c2c(F)cc(N3CC4(CCN(CC5CCC(c6ccc7c(c6)-n6c(nc(=O)c8c(Br)cccc86)C76CCCCC6)CC5)CC4)C3)cc2F)C(=O)N1. The minimum absolute atomic E-state index is 0.0793. The number of carbonyl (C=O) groups is 2. The van der Waals surface area contributed by atoms with Crippen molar-refractivity contribution in [2.75, 3.05) is 37.6 Å². The highest BCUT2D eigenvalue weighted by atomic mass is 79.9. The molecule has 292 valence electrons. The molecule has 1 N–H and O–H groups in total. The molecule has 6 aliphatic rings. The second-order valence-corrected chi connectivity index (χ2v) is 18.7. The summed E-state index contributed by atoms with van der Waals surface area (Å²) < 4.78 is 33.5. The topological polar surface area (TPSA) is 87.5 Å². The molecule has 56 heavy (non-hydrogen) atoms. The lowest BCUT2D eigenvalue weighted by Crippen LogP contribution is -2.60. The smallest absolute Gasteiger partial charge is 0.281 e. The number of anilines is 1. The van der Waals surface area contributed by atoms with Gasteiger partial charge in [0.2, 0.25) is 11.8 Å². The number of benzene rings is 3. The summed E-state index contributed by atoms with van der Waals surface area (Å²) in [6.45, 7) is 4.81. The van der Waals surface area contributed by atoms with Gasteiger partial charge in [-0.15, -0.1) is 0 Å². The van der Waals surface area contributed by atoms with Gasteiger partial charge in [0.05, 0.1) is 27.9 Å². The van der Waals surface area contributed by atoms with Gasteiger partial charge in [-0.05, 0) is 140 Å². The van der Waals surface area contributed by atoms with Crippen molar-refractivity contribution in [1.29, 1.82) is 0 Å². The van der Waals surface area contributed by atoms with Crippen LogP contribution in [-0.2, 0) is 15.0 Å². The fourth-order valence-electron chi connectivity index (χ4n) is 11.5. The van der Waals surface area contributed by atoms with Crippen molar-refractivity contribution >= 4 is 44.3 Å². The third kappa shape index (κ3) is 5.96. The van der Waals surface area contributed by atoms with Crippen molar-refractivity contribution < 1.29 is 18.4 Å². The van der Waals surface area contributed by atoms with Crippen LogP contribution in [0.15, 0.2) is 57.8 Å². The molecular formula is C45H48BrF2N5O3. The Kier molecular flexibility index (Phi) is 9.00. The van der Waals surface area contributed by atoms with Crippen LogP contribution in [0.25, 0.3) is 16.6 Å². The molecule has 5 fully saturated rings. The van der Waals surface area contributed by atoms with Crippen molar-refractivity contribution in [3.05, 3.63) is 97.5 Å². The van der Waals surface area contributed by atoms with E-state index >= 15 is 8.78 Å². The standard InChI is InChI=1S/C45H48BrF2N5O3/c46-33-5-4-6-36-40(33)42(56)50-43-45(15-2-1-3-16-45)32-13-11-29(21-37(32)53(36)43)28-9-7-27(8-10-28)24-51-19-17-44(18-20-51)25-52(26-44)30-22-34(47)39(35(48)23-30)31-12-14-38(54)49-41(31)55/h4-6,11,13,21-23,27-28,31H,1-3,7-10,12,14-20,24-26H2,(H,49,54,55). The van der Waals surface area contributed by atoms with Gasteiger partial charge in [-0.1, -0.05) is 37.5 Å². The Morgan fingerprint density at radius 3 is 2.30 bits per heavy atom. The summed E-state index contributed by atoms with van der Waals surface area (Å²) in [7, 11) is 0. The predicted molar refractivity (Wildman–Crippen MR) is 215 cm³/mol. The third-order valence-electron chi connectivity index (χ3n) is 14.6. The van der Waals surface area contributed by atoms with E-state index in [2.05, 4.69) is 59.9 Å². The normalized spacial score (nSPS) is 25.6. The molecule has 2 saturated carbocycles. The largest absolute Gasteiger partial charge is 0.370 e. The van der Waals surface area contributed by atoms with Gasteiger partial charge in [0.15, 0.2) is 0 Å². The molecule has 4 aromatic rings. The quantitative estimate of drug-likeness (QED) is 0.204. The van der Waals surface area contributed by atoms with Crippen molar-refractivity contribution in [3.8, 4) is 5.69 Å². The molecule has 3 aromatic carbocycles. The van der Waals surface area contributed by atoms with E-state index in [9.17, 15) is 14.4 Å². The first-order valence-corrected chi connectivity index (χ1v) is 21.6. The van der Waals surface area contributed by atoms with Gasteiger partial charge in [0, 0.05) is 47.2 Å². The number of likely N-dealkylation sites (tertiary alicyclic amines) is 1. The van der Waals surface area contributed by atoms with Gasteiger partial charge in [0.25, 0.3) is 5.56 Å². The highest BCUT2D eigenvalue weighted by molar-refractivity contribution is 9.10. The first kappa shape index (κ1) is 36.4. The highest BCUT2D eigenvalue weighted by Crippen LogP contribution is 2.53. The highest BCUT2D eigenvalue weighted by Gasteiger charge is 2.48. The van der Waals surface area contributed by atoms with E-state index in [0.29, 0.717) is 22.9 Å². The van der Waals surface area contributed by atoms with Crippen LogP contribution in [0.1, 0.15) is 118 Å². The van der Waals surface area contributed by atoms with Crippen LogP contribution in [0.3, 0.4) is 0 Å². The summed E-state index contributed by atoms with van der Waals surface area (Å²) in [5.74, 6) is -1.31. The minimum atomic E-state index is -0.981. The van der Waals surface area contributed by atoms with Gasteiger partial charge in [-0.3, -0.25) is 24.3 Å². The number of hydrogen-bond donors (Lipinski definition) is 1. The zero-order valence-electron chi connectivity index (χ0n) is 31.7. The number of halogens is 3. The molecule has 0 bridgehead atoms. The van der Waals surface area contributed by atoms with Gasteiger partial charge in [-0.25, -0.2) is 8.78 Å². The Hall–Kier alpha value is -3.96. The Labute approximate surface area is 334 Å². The Morgan fingerprint density at radius 1 is 0.857 bits per heavy atom. The van der Waals surface area contributed by atoms with Gasteiger partial charge < -0.3 is 9.80 Å². The lowest BCUT2D eigenvalue weighted by molar-refractivity contribution is -0.134. The molecule has 1 aromatic heterocycles. The Balaban J connectivity index is 0.768. The summed E-state index contributed by atoms with van der Waals surface area (Å²) in [5.41, 5.74) is 5.04. The number of amides is 2. The monoisotopic (exact) mass is 823 g/mol. The first-order chi connectivity index (χ1) is 27.1. The van der Waals surface area contributed by atoms with E-state index in [-0.39, 0.29) is 34.8 Å². The lowest BCUT2D eigenvalue weighted by Gasteiger charge is -2.55. The molecule has 2 aliphatic carbocycles. The molecule has 3 saturated heterocycles. The van der Waals surface area contributed by atoms with Crippen LogP contribution in [0.4, 0.5) is 14.5 Å². The Bertz CT molecular complexity index is 2290. The number of hydrogen-bond acceptors (Lipinski definition) is 6. The van der Waals surface area contributed by atoms with E-state index in [1.807, 2.05) is 12.1 Å². The van der Waals surface area contributed by atoms with Crippen LogP contribution >= 0.6 is 15.9 Å². The maximum absolute atomic E-state index is 15.2. The van der Waals surface area contributed by atoms with Crippen LogP contribution in [-0.4, -0.2) is 59.0 Å². The molecule has 11 heteroatoms. The van der Waals surface area contributed by atoms with Gasteiger partial charge in [0.1, 0.15) is 17.5 Å². The lowest BCUT2D eigenvalue weighted by atomic mass is 9.69. The zero-order valence-corrected chi connectivity index (χ0v) is 33.3. The molecule has 2 amide bonds. The summed E-state index contributed by atoms with van der Waals surface area (Å²) in [6.07, 6.45) is 12.8. The maximum Gasteiger partial charge on any atom is 0.281 e. The fraction of sp³-hybridized carbons (Fsp3) is 0.511. The number of nitrogens with one attached hydrogen (secondary N) is 1. The van der Waals surface area contributed by atoms with Crippen molar-refractivity contribution in [1.82, 2.24) is 19.8 Å². The average Bonchev–Trinajstić information content (AvgIpc) is 3.43. The minimum Gasteiger partial charge on any atom is -0.370 e. The van der Waals surface area contributed by atoms with Gasteiger partial charge in [-0.2, -0.15) is 4.98 Å². The van der Waals surface area contributed by atoms with Crippen LogP contribution < -0.4 is 15.8 Å². The molecule has 5 heterocycles. The van der Waals surface area contributed by atoms with Gasteiger partial charge >= 0.3 is 0 Å². The molecule has 1 atom stereocenters. The number of carbonyl (C=O) groups excluding carboxylic acids is 2. The van der Waals surface area contributed by atoms with E-state index in [1.165, 1.54) is 61.1 Å². The van der Waals surface area contributed by atoms with E-state index in [0.717, 1.165) is 87.1 Å². The van der Waals surface area contributed by atoms with E-state index < -0.39 is 29.4 Å². The molecule has 4 aliphatic heterocycles. The number of fused-ring (bicyclic) bond motifs is 7. The molecule has 1 unspecified atom stereocenters. The number of nitrogens with zero attached hydrogens (tertiary/aromatic N) is 4. The van der Waals surface area contributed by atoms with Crippen molar-refractivity contribution in [2.45, 2.75) is 101 Å². The second kappa shape index (κ2) is 13.9. The number of rotatable bonds is 5. The molecule has 8 nitrogen and oxygen atoms in total.